The van der Waals surface area contributed by atoms with Crippen LogP contribution in [0.5, 0.6) is 0 Å². The molecule has 0 atom stereocenters. The summed E-state index contributed by atoms with van der Waals surface area (Å²) in [6.07, 6.45) is 0.285. The van der Waals surface area contributed by atoms with Gasteiger partial charge >= 0.3 is 0 Å². The molecule has 0 aliphatic heterocycles. The van der Waals surface area contributed by atoms with Crippen LogP contribution in [0.4, 0.5) is 4.39 Å². The number of hydrogen-bond donors (Lipinski definition) is 0. The summed E-state index contributed by atoms with van der Waals surface area (Å²) >= 11 is 5.78. The van der Waals surface area contributed by atoms with Gasteiger partial charge in [-0.05, 0) is 42.0 Å². The number of nitrogens with zero attached hydrogens (tertiary/aromatic N) is 1. The van der Waals surface area contributed by atoms with Crippen molar-refractivity contribution in [2.75, 3.05) is 7.05 Å². The normalized spacial score (nSPS) is 10.4. The molecular weight excluding hydrogens is 317 g/mol. The van der Waals surface area contributed by atoms with E-state index in [1.807, 2.05) is 0 Å². The molecule has 0 N–H and O–H groups in total. The molecule has 0 aromatic heterocycles. The highest BCUT2D eigenvalue weighted by molar-refractivity contribution is 6.30. The molecule has 0 radical (unpaired) electrons. The zero-order valence-electron chi connectivity index (χ0n) is 12.8. The average Bonchev–Trinajstić information content (AvgIpc) is 2.55. The highest BCUT2D eigenvalue weighted by Gasteiger charge is 2.13. The Labute approximate surface area is 139 Å². The molecule has 0 saturated carbocycles. The van der Waals surface area contributed by atoms with E-state index in [0.29, 0.717) is 17.1 Å². The van der Waals surface area contributed by atoms with Gasteiger partial charge in [-0.15, -0.1) is 0 Å². The van der Waals surface area contributed by atoms with E-state index < -0.39 is 0 Å². The number of benzene rings is 2. The van der Waals surface area contributed by atoms with Crippen LogP contribution >= 0.6 is 11.6 Å². The molecule has 0 fully saturated rings. The van der Waals surface area contributed by atoms with Crippen molar-refractivity contribution in [3.05, 3.63) is 70.5 Å². The summed E-state index contributed by atoms with van der Waals surface area (Å²) in [5.74, 6) is -0.530. The lowest BCUT2D eigenvalue weighted by atomic mass is 10.1. The second-order valence-corrected chi connectivity index (χ2v) is 5.74. The third-order valence-electron chi connectivity index (χ3n) is 3.49. The van der Waals surface area contributed by atoms with Gasteiger partial charge in [-0.3, -0.25) is 9.59 Å². The van der Waals surface area contributed by atoms with Crippen molar-refractivity contribution in [3.8, 4) is 0 Å². The minimum absolute atomic E-state index is 0.0924. The predicted molar refractivity (Wildman–Crippen MR) is 87.9 cm³/mol. The molecule has 2 aromatic carbocycles. The molecule has 0 aliphatic carbocycles. The molecule has 120 valence electrons. The number of ketones is 1. The molecule has 0 heterocycles. The lowest BCUT2D eigenvalue weighted by molar-refractivity contribution is -0.130. The molecule has 2 rings (SSSR count). The van der Waals surface area contributed by atoms with Gasteiger partial charge in [-0.2, -0.15) is 0 Å². The Balaban J connectivity index is 1.84. The van der Waals surface area contributed by atoms with Crippen LogP contribution in [0.1, 0.15) is 28.8 Å². The Kier molecular flexibility index (Phi) is 5.88. The van der Waals surface area contributed by atoms with E-state index >= 15 is 0 Å². The van der Waals surface area contributed by atoms with Gasteiger partial charge in [-0.25, -0.2) is 4.39 Å². The smallest absolute Gasteiger partial charge is 0.223 e. The Hall–Kier alpha value is -2.20. The summed E-state index contributed by atoms with van der Waals surface area (Å²) in [5.41, 5.74) is 1.38. The topological polar surface area (TPSA) is 37.4 Å². The number of carbonyl (C=O) groups excluding carboxylic acids is 2. The van der Waals surface area contributed by atoms with Crippen molar-refractivity contribution in [3.63, 3.8) is 0 Å². The molecule has 5 heteroatoms. The van der Waals surface area contributed by atoms with Gasteiger partial charge in [-0.1, -0.05) is 23.7 Å². The number of hydrogen-bond acceptors (Lipinski definition) is 2. The van der Waals surface area contributed by atoms with Gasteiger partial charge < -0.3 is 4.90 Å². The van der Waals surface area contributed by atoms with E-state index in [1.165, 1.54) is 17.0 Å². The van der Waals surface area contributed by atoms with E-state index in [1.54, 1.807) is 43.4 Å². The highest BCUT2D eigenvalue weighted by atomic mass is 35.5. The molecule has 0 bridgehead atoms. The van der Waals surface area contributed by atoms with Gasteiger partial charge in [0.05, 0.1) is 0 Å². The van der Waals surface area contributed by atoms with Crippen molar-refractivity contribution in [2.24, 2.45) is 0 Å². The van der Waals surface area contributed by atoms with Crippen LogP contribution in [0.2, 0.25) is 5.02 Å². The molecule has 0 saturated heterocycles. The summed E-state index contributed by atoms with van der Waals surface area (Å²) < 4.78 is 12.9. The van der Waals surface area contributed by atoms with Gasteiger partial charge in [0.2, 0.25) is 5.91 Å². The molecule has 3 nitrogen and oxygen atoms in total. The first-order valence-electron chi connectivity index (χ1n) is 7.23. The summed E-state index contributed by atoms with van der Waals surface area (Å²) in [5, 5.41) is 0.566. The number of amides is 1. The quantitative estimate of drug-likeness (QED) is 0.746. The molecule has 2 aromatic rings. The average molecular weight is 334 g/mol. The molecule has 0 aliphatic rings. The standard InChI is InChI=1S/C18H17ClFNO2/c1-21(12-13-2-8-16(20)9-3-13)18(23)11-10-17(22)14-4-6-15(19)7-5-14/h2-9H,10-12H2,1H3. The molecular formula is C18H17ClFNO2. The Morgan fingerprint density at radius 3 is 2.22 bits per heavy atom. The number of Topliss-reactive ketones (excluding diaryl/α,β-unsaturated/α-hetero) is 1. The predicted octanol–water partition coefficient (Wildman–Crippen LogP) is 4.10. The van der Waals surface area contributed by atoms with Crippen LogP contribution in [0.25, 0.3) is 0 Å². The van der Waals surface area contributed by atoms with Crippen molar-refractivity contribution < 1.29 is 14.0 Å². The first-order chi connectivity index (χ1) is 11.0. The van der Waals surface area contributed by atoms with E-state index in [2.05, 4.69) is 0 Å². The van der Waals surface area contributed by atoms with Crippen LogP contribution in [0.3, 0.4) is 0 Å². The summed E-state index contributed by atoms with van der Waals surface area (Å²) in [6.45, 7) is 0.383. The van der Waals surface area contributed by atoms with E-state index in [9.17, 15) is 14.0 Å². The van der Waals surface area contributed by atoms with Crippen LogP contribution in [0.15, 0.2) is 48.5 Å². The van der Waals surface area contributed by atoms with Gasteiger partial charge in [0.1, 0.15) is 5.82 Å². The second-order valence-electron chi connectivity index (χ2n) is 5.31. The maximum absolute atomic E-state index is 12.9. The summed E-state index contributed by atoms with van der Waals surface area (Å²) in [4.78, 5) is 25.6. The maximum atomic E-state index is 12.9. The zero-order valence-corrected chi connectivity index (χ0v) is 13.5. The summed E-state index contributed by atoms with van der Waals surface area (Å²) in [6, 6.07) is 12.6. The van der Waals surface area contributed by atoms with Crippen LogP contribution in [0, 0.1) is 5.82 Å². The van der Waals surface area contributed by atoms with Crippen molar-refractivity contribution >= 4 is 23.3 Å². The third-order valence-corrected chi connectivity index (χ3v) is 3.74. The fourth-order valence-electron chi connectivity index (χ4n) is 2.14. The van der Waals surface area contributed by atoms with Gasteiger partial charge in [0.25, 0.3) is 0 Å². The first-order valence-corrected chi connectivity index (χ1v) is 7.60. The Morgan fingerprint density at radius 1 is 1.00 bits per heavy atom. The van der Waals surface area contributed by atoms with Crippen LogP contribution in [-0.4, -0.2) is 23.6 Å². The number of rotatable bonds is 6. The molecule has 23 heavy (non-hydrogen) atoms. The van der Waals surface area contributed by atoms with Crippen LogP contribution < -0.4 is 0 Å². The summed E-state index contributed by atoms with van der Waals surface area (Å²) in [7, 11) is 1.67. The second kappa shape index (κ2) is 7.88. The first kappa shape index (κ1) is 17.2. The minimum atomic E-state index is -0.309. The molecule has 1 amide bonds. The van der Waals surface area contributed by atoms with E-state index in [4.69, 9.17) is 11.6 Å². The number of carbonyl (C=O) groups is 2. The van der Waals surface area contributed by atoms with E-state index in [-0.39, 0.29) is 30.3 Å². The largest absolute Gasteiger partial charge is 0.341 e. The maximum Gasteiger partial charge on any atom is 0.223 e. The zero-order chi connectivity index (χ0) is 16.8. The molecule has 0 unspecified atom stereocenters. The minimum Gasteiger partial charge on any atom is -0.341 e. The van der Waals surface area contributed by atoms with Crippen LogP contribution in [-0.2, 0) is 11.3 Å². The van der Waals surface area contributed by atoms with Gasteiger partial charge in [0, 0.05) is 37.0 Å². The monoisotopic (exact) mass is 333 g/mol. The SMILES string of the molecule is CN(Cc1ccc(F)cc1)C(=O)CCC(=O)c1ccc(Cl)cc1. The van der Waals surface area contributed by atoms with E-state index in [0.717, 1.165) is 5.56 Å². The highest BCUT2D eigenvalue weighted by Crippen LogP contribution is 2.13. The van der Waals surface area contributed by atoms with Crippen molar-refractivity contribution in [2.45, 2.75) is 19.4 Å². The fraction of sp³-hybridized carbons (Fsp3) is 0.222. The Morgan fingerprint density at radius 2 is 1.61 bits per heavy atom. The van der Waals surface area contributed by atoms with Crippen molar-refractivity contribution in [1.82, 2.24) is 4.90 Å². The third kappa shape index (κ3) is 5.18. The van der Waals surface area contributed by atoms with Gasteiger partial charge in [0.15, 0.2) is 5.78 Å². The fourth-order valence-corrected chi connectivity index (χ4v) is 2.27. The number of halogens is 2. The Bertz CT molecular complexity index is 683. The lowest BCUT2D eigenvalue weighted by Gasteiger charge is -2.17. The van der Waals surface area contributed by atoms with Crippen molar-refractivity contribution in [1.29, 1.82) is 0 Å². The molecule has 0 spiro atoms. The lowest BCUT2D eigenvalue weighted by Crippen LogP contribution is -2.26.